The predicted molar refractivity (Wildman–Crippen MR) is 98.7 cm³/mol. The molecule has 0 fully saturated rings. The number of anilines is 2. The first-order valence-corrected chi connectivity index (χ1v) is 7.97. The number of nitrogens with zero attached hydrogens (tertiary/aromatic N) is 2. The lowest BCUT2D eigenvalue weighted by molar-refractivity contribution is 0.0945. The smallest absolute Gasteiger partial charge is 0.323 e. The topological polar surface area (TPSA) is 96.0 Å². The van der Waals surface area contributed by atoms with Gasteiger partial charge in [0.15, 0.2) is 0 Å². The summed E-state index contributed by atoms with van der Waals surface area (Å²) in [5.41, 5.74) is 2.44. The average molecular weight is 347 g/mol. The van der Waals surface area contributed by atoms with E-state index in [-0.39, 0.29) is 17.6 Å². The predicted octanol–water partition coefficient (Wildman–Crippen LogP) is 3.05. The van der Waals surface area contributed by atoms with Crippen LogP contribution in [0.3, 0.4) is 0 Å². The van der Waals surface area contributed by atoms with Crippen LogP contribution in [0.25, 0.3) is 0 Å². The molecular weight excluding hydrogens is 330 g/mol. The summed E-state index contributed by atoms with van der Waals surface area (Å²) in [5, 5.41) is 8.28. The molecule has 0 atom stereocenters. The fourth-order valence-electron chi connectivity index (χ4n) is 2.26. The number of hydrogen-bond donors (Lipinski definition) is 3. The molecule has 0 saturated carbocycles. The van der Waals surface area contributed by atoms with Gasteiger partial charge in [-0.2, -0.15) is 0 Å². The molecular formula is C19H17N5O2. The van der Waals surface area contributed by atoms with Crippen LogP contribution in [0.15, 0.2) is 73.2 Å². The Bertz CT molecular complexity index is 885. The van der Waals surface area contributed by atoms with Crippen molar-refractivity contribution in [3.8, 4) is 0 Å². The van der Waals surface area contributed by atoms with Crippen LogP contribution in [0.2, 0.25) is 0 Å². The first kappa shape index (κ1) is 17.1. The number of para-hydroxylation sites is 1. The van der Waals surface area contributed by atoms with Gasteiger partial charge >= 0.3 is 6.03 Å². The number of urea groups is 1. The summed E-state index contributed by atoms with van der Waals surface area (Å²) in [6.07, 6.45) is 4.37. The fraction of sp³-hybridized carbons (Fsp3) is 0.0526. The Morgan fingerprint density at radius 3 is 2.42 bits per heavy atom. The van der Waals surface area contributed by atoms with Crippen molar-refractivity contribution in [2.24, 2.45) is 0 Å². The third kappa shape index (κ3) is 4.88. The van der Waals surface area contributed by atoms with Crippen LogP contribution in [-0.2, 0) is 6.54 Å². The molecule has 0 saturated heterocycles. The van der Waals surface area contributed by atoms with Gasteiger partial charge in [-0.3, -0.25) is 9.78 Å². The minimum Gasteiger partial charge on any atom is -0.347 e. The van der Waals surface area contributed by atoms with E-state index in [4.69, 9.17) is 0 Å². The van der Waals surface area contributed by atoms with E-state index in [0.717, 1.165) is 5.56 Å². The molecule has 7 heteroatoms. The van der Waals surface area contributed by atoms with E-state index in [1.807, 2.05) is 30.3 Å². The molecule has 3 aromatic rings. The highest BCUT2D eigenvalue weighted by atomic mass is 16.2. The highest BCUT2D eigenvalue weighted by Gasteiger charge is 2.07. The first-order chi connectivity index (χ1) is 12.7. The zero-order valence-electron chi connectivity index (χ0n) is 13.8. The molecule has 0 unspecified atom stereocenters. The van der Waals surface area contributed by atoms with E-state index in [2.05, 4.69) is 25.9 Å². The lowest BCUT2D eigenvalue weighted by Gasteiger charge is -2.09. The van der Waals surface area contributed by atoms with Gasteiger partial charge in [-0.25, -0.2) is 9.78 Å². The number of benzene rings is 2. The maximum absolute atomic E-state index is 12.0. The number of rotatable bonds is 5. The molecule has 3 N–H and O–H groups in total. The Balaban J connectivity index is 1.56. The minimum absolute atomic E-state index is 0.254. The highest BCUT2D eigenvalue weighted by molar-refractivity contribution is 5.99. The first-order valence-electron chi connectivity index (χ1n) is 7.97. The molecule has 0 aliphatic heterocycles. The summed E-state index contributed by atoms with van der Waals surface area (Å²) in [6, 6.07) is 16.1. The quantitative estimate of drug-likeness (QED) is 0.661. The van der Waals surface area contributed by atoms with Gasteiger partial charge in [0.25, 0.3) is 5.91 Å². The average Bonchev–Trinajstić information content (AvgIpc) is 2.68. The van der Waals surface area contributed by atoms with E-state index in [0.29, 0.717) is 17.9 Å². The largest absolute Gasteiger partial charge is 0.347 e. The monoisotopic (exact) mass is 347 g/mol. The number of carbonyl (C=O) groups is 2. The zero-order valence-corrected chi connectivity index (χ0v) is 13.8. The standard InChI is InChI=1S/C19H17N5O2/c25-18(17-13-20-9-10-21-17)22-12-14-5-4-8-16(11-14)24-19(26)23-15-6-2-1-3-7-15/h1-11,13H,12H2,(H,22,25)(H2,23,24,26). The lowest BCUT2D eigenvalue weighted by atomic mass is 10.2. The second-order valence-electron chi connectivity index (χ2n) is 5.42. The van der Waals surface area contributed by atoms with Crippen molar-refractivity contribution in [3.63, 3.8) is 0 Å². The summed E-state index contributed by atoms with van der Waals surface area (Å²) < 4.78 is 0. The van der Waals surface area contributed by atoms with Crippen LogP contribution in [-0.4, -0.2) is 21.9 Å². The SMILES string of the molecule is O=C(Nc1ccccc1)Nc1cccc(CNC(=O)c2cnccn2)c1. The van der Waals surface area contributed by atoms with Crippen molar-refractivity contribution in [2.75, 3.05) is 10.6 Å². The fourth-order valence-corrected chi connectivity index (χ4v) is 2.26. The molecule has 1 aromatic heterocycles. The van der Waals surface area contributed by atoms with Crippen LogP contribution in [0, 0.1) is 0 Å². The third-order valence-corrected chi connectivity index (χ3v) is 3.47. The molecule has 0 aliphatic carbocycles. The van der Waals surface area contributed by atoms with Crippen molar-refractivity contribution in [3.05, 3.63) is 84.4 Å². The number of aromatic nitrogens is 2. The number of nitrogens with one attached hydrogen (secondary N) is 3. The summed E-state index contributed by atoms with van der Waals surface area (Å²) >= 11 is 0. The highest BCUT2D eigenvalue weighted by Crippen LogP contribution is 2.12. The third-order valence-electron chi connectivity index (χ3n) is 3.47. The number of hydrogen-bond acceptors (Lipinski definition) is 4. The van der Waals surface area contributed by atoms with Gasteiger partial charge in [-0.1, -0.05) is 30.3 Å². The van der Waals surface area contributed by atoms with Crippen molar-refractivity contribution in [2.45, 2.75) is 6.54 Å². The van der Waals surface area contributed by atoms with Crippen LogP contribution >= 0.6 is 0 Å². The molecule has 0 spiro atoms. The number of carbonyl (C=O) groups excluding carboxylic acids is 2. The molecule has 2 aromatic carbocycles. The Morgan fingerprint density at radius 1 is 0.885 bits per heavy atom. The van der Waals surface area contributed by atoms with E-state index in [9.17, 15) is 9.59 Å². The van der Waals surface area contributed by atoms with Crippen molar-refractivity contribution in [1.29, 1.82) is 0 Å². The van der Waals surface area contributed by atoms with Gasteiger partial charge in [0.2, 0.25) is 0 Å². The van der Waals surface area contributed by atoms with Crippen LogP contribution in [0.4, 0.5) is 16.2 Å². The molecule has 3 amide bonds. The Labute approximate surface area is 150 Å². The lowest BCUT2D eigenvalue weighted by Crippen LogP contribution is -2.24. The maximum atomic E-state index is 12.0. The van der Waals surface area contributed by atoms with E-state index in [1.165, 1.54) is 18.6 Å². The molecule has 26 heavy (non-hydrogen) atoms. The minimum atomic E-state index is -0.336. The van der Waals surface area contributed by atoms with Gasteiger partial charge in [0.05, 0.1) is 6.20 Å². The van der Waals surface area contributed by atoms with Gasteiger partial charge in [-0.05, 0) is 29.8 Å². The summed E-state index contributed by atoms with van der Waals surface area (Å²) in [6.45, 7) is 0.311. The van der Waals surface area contributed by atoms with Gasteiger partial charge in [0, 0.05) is 30.3 Å². The van der Waals surface area contributed by atoms with Crippen LogP contribution in [0.5, 0.6) is 0 Å². The molecule has 1 heterocycles. The van der Waals surface area contributed by atoms with E-state index in [1.54, 1.807) is 24.3 Å². The van der Waals surface area contributed by atoms with E-state index < -0.39 is 0 Å². The van der Waals surface area contributed by atoms with Gasteiger partial charge in [0.1, 0.15) is 5.69 Å². The van der Waals surface area contributed by atoms with Crippen molar-refractivity contribution in [1.82, 2.24) is 15.3 Å². The second-order valence-corrected chi connectivity index (χ2v) is 5.42. The second kappa shape index (κ2) is 8.39. The Hall–Kier alpha value is -3.74. The summed E-state index contributed by atoms with van der Waals surface area (Å²) in [7, 11) is 0. The summed E-state index contributed by atoms with van der Waals surface area (Å²) in [4.78, 5) is 31.8. The molecule has 7 nitrogen and oxygen atoms in total. The van der Waals surface area contributed by atoms with Crippen molar-refractivity contribution < 1.29 is 9.59 Å². The van der Waals surface area contributed by atoms with E-state index >= 15 is 0 Å². The normalized spacial score (nSPS) is 10.0. The van der Waals surface area contributed by atoms with Gasteiger partial charge in [-0.15, -0.1) is 0 Å². The summed E-state index contributed by atoms with van der Waals surface area (Å²) in [5.74, 6) is -0.307. The Morgan fingerprint density at radius 2 is 1.65 bits per heavy atom. The Kier molecular flexibility index (Phi) is 5.51. The van der Waals surface area contributed by atoms with Crippen LogP contribution in [0.1, 0.15) is 16.1 Å². The molecule has 3 rings (SSSR count). The number of amides is 3. The maximum Gasteiger partial charge on any atom is 0.323 e. The van der Waals surface area contributed by atoms with Crippen LogP contribution < -0.4 is 16.0 Å². The zero-order chi connectivity index (χ0) is 18.2. The van der Waals surface area contributed by atoms with Gasteiger partial charge < -0.3 is 16.0 Å². The van der Waals surface area contributed by atoms with Crippen molar-refractivity contribution >= 4 is 23.3 Å². The molecule has 0 bridgehead atoms. The molecule has 0 radical (unpaired) electrons. The molecule has 130 valence electrons. The molecule has 0 aliphatic rings.